The largest absolute Gasteiger partial charge is 0.466 e. The van der Waals surface area contributed by atoms with Crippen molar-refractivity contribution in [2.45, 2.75) is 25.3 Å². The Morgan fingerprint density at radius 2 is 2.04 bits per heavy atom. The van der Waals surface area contributed by atoms with Gasteiger partial charge < -0.3 is 14.5 Å². The summed E-state index contributed by atoms with van der Waals surface area (Å²) in [6.45, 7) is 2.85. The van der Waals surface area contributed by atoms with Gasteiger partial charge in [-0.25, -0.2) is 0 Å². The molecule has 1 aliphatic heterocycles. The molecule has 1 amide bonds. The van der Waals surface area contributed by atoms with Crippen molar-refractivity contribution in [2.24, 2.45) is 11.8 Å². The highest BCUT2D eigenvalue weighted by Crippen LogP contribution is 2.50. The minimum absolute atomic E-state index is 0.0352. The summed E-state index contributed by atoms with van der Waals surface area (Å²) in [7, 11) is 4.02. The zero-order chi connectivity index (χ0) is 17.3. The van der Waals surface area contributed by atoms with E-state index < -0.39 is 0 Å². The Bertz CT molecular complexity index is 617. The molecule has 0 aromatic heterocycles. The lowest BCUT2D eigenvalue weighted by Gasteiger charge is -2.24. The quantitative estimate of drug-likeness (QED) is 0.739. The zero-order valence-corrected chi connectivity index (χ0v) is 15.2. The first-order valence-electron chi connectivity index (χ1n) is 8.35. The predicted octanol–water partition coefficient (Wildman–Crippen LogP) is 2.35. The van der Waals surface area contributed by atoms with Crippen molar-refractivity contribution in [2.75, 3.05) is 31.4 Å². The minimum Gasteiger partial charge on any atom is -0.466 e. The van der Waals surface area contributed by atoms with E-state index in [4.69, 9.17) is 4.74 Å². The number of thioether (sulfide) groups is 1. The first kappa shape index (κ1) is 17.1. The average Bonchev–Trinajstić information content (AvgIpc) is 3.28. The molecule has 1 saturated carbocycles. The van der Waals surface area contributed by atoms with Gasteiger partial charge in [0.1, 0.15) is 0 Å². The molecule has 130 valence electrons. The Morgan fingerprint density at radius 1 is 1.33 bits per heavy atom. The van der Waals surface area contributed by atoms with E-state index >= 15 is 0 Å². The smallest absolute Gasteiger partial charge is 0.309 e. The van der Waals surface area contributed by atoms with E-state index in [1.54, 1.807) is 11.8 Å². The molecule has 1 saturated heterocycles. The van der Waals surface area contributed by atoms with Gasteiger partial charge in [-0.3, -0.25) is 9.59 Å². The van der Waals surface area contributed by atoms with E-state index in [0.717, 1.165) is 17.7 Å². The molecular weight excluding hydrogens is 324 g/mol. The van der Waals surface area contributed by atoms with Gasteiger partial charge in [0.25, 0.3) is 0 Å². The SMILES string of the molecule is CCOC(=O)C1CC1C1SCC(=O)N1Cc1ccc(N(C)C)cc1. The lowest BCUT2D eigenvalue weighted by molar-refractivity contribution is -0.145. The summed E-state index contributed by atoms with van der Waals surface area (Å²) >= 11 is 1.66. The number of esters is 1. The topological polar surface area (TPSA) is 49.9 Å². The van der Waals surface area contributed by atoms with Crippen LogP contribution in [0.15, 0.2) is 24.3 Å². The van der Waals surface area contributed by atoms with Crippen molar-refractivity contribution in [3.63, 3.8) is 0 Å². The second-order valence-corrected chi connectivity index (χ2v) is 7.65. The van der Waals surface area contributed by atoms with Crippen LogP contribution in [-0.4, -0.2) is 48.6 Å². The predicted molar refractivity (Wildman–Crippen MR) is 95.8 cm³/mol. The van der Waals surface area contributed by atoms with Gasteiger partial charge >= 0.3 is 5.97 Å². The molecule has 5 nitrogen and oxygen atoms in total. The number of anilines is 1. The number of carbonyl (C=O) groups is 2. The lowest BCUT2D eigenvalue weighted by Crippen LogP contribution is -2.34. The van der Waals surface area contributed by atoms with E-state index in [1.807, 2.05) is 25.9 Å². The van der Waals surface area contributed by atoms with E-state index in [1.165, 1.54) is 0 Å². The minimum atomic E-state index is -0.113. The molecule has 2 aliphatic rings. The molecule has 3 unspecified atom stereocenters. The van der Waals surface area contributed by atoms with Crippen LogP contribution in [0.3, 0.4) is 0 Å². The van der Waals surface area contributed by atoms with Gasteiger partial charge in [0.05, 0.1) is 23.7 Å². The van der Waals surface area contributed by atoms with Crippen LogP contribution in [0, 0.1) is 11.8 Å². The molecule has 1 aliphatic carbocycles. The highest BCUT2D eigenvalue weighted by molar-refractivity contribution is 8.01. The normalized spacial score (nSPS) is 25.7. The number of hydrogen-bond donors (Lipinski definition) is 0. The van der Waals surface area contributed by atoms with Crippen LogP contribution in [0.1, 0.15) is 18.9 Å². The summed E-state index contributed by atoms with van der Waals surface area (Å²) in [5.74, 6) is 0.759. The molecule has 1 aromatic rings. The maximum atomic E-state index is 12.3. The molecule has 3 atom stereocenters. The molecular formula is C18H24N2O3S. The molecule has 3 rings (SSSR count). The van der Waals surface area contributed by atoms with Crippen molar-refractivity contribution in [1.29, 1.82) is 0 Å². The maximum absolute atomic E-state index is 12.3. The van der Waals surface area contributed by atoms with Crippen LogP contribution in [0.25, 0.3) is 0 Å². The fourth-order valence-electron chi connectivity index (χ4n) is 3.15. The molecule has 24 heavy (non-hydrogen) atoms. The summed E-state index contributed by atoms with van der Waals surface area (Å²) in [6, 6.07) is 8.27. The fraction of sp³-hybridized carbons (Fsp3) is 0.556. The standard InChI is InChI=1S/C18H24N2O3S/c1-4-23-18(22)15-9-14(15)17-20(16(21)11-24-17)10-12-5-7-13(8-6-12)19(2)3/h5-8,14-15,17H,4,9-11H2,1-3H3. The van der Waals surface area contributed by atoms with Gasteiger partial charge in [0.2, 0.25) is 5.91 Å². The monoisotopic (exact) mass is 348 g/mol. The Balaban J connectivity index is 1.65. The molecule has 6 heteroatoms. The third-order valence-electron chi connectivity index (χ3n) is 4.61. The molecule has 1 heterocycles. The Hall–Kier alpha value is -1.69. The van der Waals surface area contributed by atoms with Crippen LogP contribution >= 0.6 is 11.8 Å². The van der Waals surface area contributed by atoms with E-state index in [2.05, 4.69) is 29.2 Å². The summed E-state index contributed by atoms with van der Waals surface area (Å²) < 4.78 is 5.12. The summed E-state index contributed by atoms with van der Waals surface area (Å²) in [5.41, 5.74) is 2.26. The van der Waals surface area contributed by atoms with Crippen molar-refractivity contribution >= 4 is 29.3 Å². The average molecular weight is 348 g/mol. The third-order valence-corrected chi connectivity index (χ3v) is 5.97. The van der Waals surface area contributed by atoms with Crippen molar-refractivity contribution in [3.05, 3.63) is 29.8 Å². The summed E-state index contributed by atoms with van der Waals surface area (Å²) in [6.07, 6.45) is 0.833. The number of benzene rings is 1. The van der Waals surface area contributed by atoms with Gasteiger partial charge in [0.15, 0.2) is 0 Å². The Kier molecular flexibility index (Phi) is 5.04. The van der Waals surface area contributed by atoms with Crippen LogP contribution in [0.2, 0.25) is 0 Å². The van der Waals surface area contributed by atoms with Gasteiger partial charge in [-0.2, -0.15) is 0 Å². The van der Waals surface area contributed by atoms with Crippen molar-refractivity contribution < 1.29 is 14.3 Å². The van der Waals surface area contributed by atoms with E-state index in [-0.39, 0.29) is 29.1 Å². The molecule has 0 spiro atoms. The number of carbonyl (C=O) groups excluding carboxylic acids is 2. The number of hydrogen-bond acceptors (Lipinski definition) is 5. The van der Waals surface area contributed by atoms with Gasteiger partial charge in [-0.05, 0) is 31.0 Å². The Morgan fingerprint density at radius 3 is 2.67 bits per heavy atom. The van der Waals surface area contributed by atoms with Crippen LogP contribution in [0.5, 0.6) is 0 Å². The van der Waals surface area contributed by atoms with Gasteiger partial charge in [-0.1, -0.05) is 12.1 Å². The molecule has 0 bridgehead atoms. The molecule has 0 N–H and O–H groups in total. The summed E-state index contributed by atoms with van der Waals surface area (Å²) in [5, 5.41) is 0.0976. The number of amides is 1. The summed E-state index contributed by atoms with van der Waals surface area (Å²) in [4.78, 5) is 28.1. The third kappa shape index (κ3) is 3.53. The van der Waals surface area contributed by atoms with Crippen molar-refractivity contribution in [3.8, 4) is 0 Å². The maximum Gasteiger partial charge on any atom is 0.309 e. The van der Waals surface area contributed by atoms with Crippen LogP contribution < -0.4 is 4.90 Å². The first-order chi connectivity index (χ1) is 11.5. The van der Waals surface area contributed by atoms with E-state index in [0.29, 0.717) is 18.9 Å². The molecule has 1 aromatic carbocycles. The molecule has 0 radical (unpaired) electrons. The fourth-order valence-corrected chi connectivity index (χ4v) is 4.55. The molecule has 2 fully saturated rings. The highest BCUT2D eigenvalue weighted by atomic mass is 32.2. The Labute approximate surface area is 147 Å². The second kappa shape index (κ2) is 7.05. The number of ether oxygens (including phenoxy) is 1. The zero-order valence-electron chi connectivity index (χ0n) is 14.4. The second-order valence-electron chi connectivity index (χ2n) is 6.54. The van der Waals surface area contributed by atoms with Gasteiger partial charge in [0, 0.05) is 32.2 Å². The van der Waals surface area contributed by atoms with E-state index in [9.17, 15) is 9.59 Å². The first-order valence-corrected chi connectivity index (χ1v) is 9.40. The van der Waals surface area contributed by atoms with Crippen LogP contribution in [-0.2, 0) is 20.9 Å². The number of rotatable bonds is 6. The van der Waals surface area contributed by atoms with Gasteiger partial charge in [-0.15, -0.1) is 11.8 Å². The highest BCUT2D eigenvalue weighted by Gasteiger charge is 2.53. The van der Waals surface area contributed by atoms with Crippen LogP contribution in [0.4, 0.5) is 5.69 Å². The lowest BCUT2D eigenvalue weighted by atomic mass is 10.1. The van der Waals surface area contributed by atoms with Crippen molar-refractivity contribution in [1.82, 2.24) is 4.90 Å². The number of nitrogens with zero attached hydrogens (tertiary/aromatic N) is 2.